The minimum atomic E-state index is -1.19. The third kappa shape index (κ3) is 6.79. The molecule has 0 aromatic heterocycles. The molecule has 0 fully saturated rings. The summed E-state index contributed by atoms with van der Waals surface area (Å²) < 4.78 is 10.6. The molecule has 0 heterocycles. The van der Waals surface area contributed by atoms with Crippen molar-refractivity contribution in [2.45, 2.75) is 58.2 Å². The summed E-state index contributed by atoms with van der Waals surface area (Å²) in [5, 5.41) is 0. The lowest BCUT2D eigenvalue weighted by molar-refractivity contribution is -0.228. The largest absolute Gasteiger partial charge is 0.419 e. The van der Waals surface area contributed by atoms with Crippen LogP contribution in [-0.2, 0) is 19.1 Å². The van der Waals surface area contributed by atoms with Gasteiger partial charge >= 0.3 is 11.9 Å². The van der Waals surface area contributed by atoms with E-state index in [0.717, 1.165) is 37.8 Å². The van der Waals surface area contributed by atoms with Gasteiger partial charge in [-0.2, -0.15) is 0 Å². The third-order valence-electron chi connectivity index (χ3n) is 2.73. The standard InChI is InChI=1S/C15H24O4/c1-5-9-11-15(12-10-6-2,18-13(16)7-3)19-14(17)8-4/h7-8H,3-6,9-12H2,1-2H3. The highest BCUT2D eigenvalue weighted by Gasteiger charge is 2.36. The van der Waals surface area contributed by atoms with Gasteiger partial charge in [-0.05, 0) is 12.8 Å². The molecule has 0 bridgehead atoms. The molecule has 0 aliphatic rings. The molecule has 0 unspecified atom stereocenters. The average Bonchev–Trinajstić information content (AvgIpc) is 2.42. The highest BCUT2D eigenvalue weighted by Crippen LogP contribution is 2.28. The second-order valence-electron chi connectivity index (χ2n) is 4.37. The van der Waals surface area contributed by atoms with Crippen molar-refractivity contribution in [3.05, 3.63) is 25.3 Å². The van der Waals surface area contributed by atoms with Gasteiger partial charge in [-0.3, -0.25) is 0 Å². The van der Waals surface area contributed by atoms with Crippen molar-refractivity contribution in [3.8, 4) is 0 Å². The Bertz CT molecular complexity index is 288. The van der Waals surface area contributed by atoms with Gasteiger partial charge in [0.2, 0.25) is 0 Å². The van der Waals surface area contributed by atoms with E-state index in [-0.39, 0.29) is 0 Å². The van der Waals surface area contributed by atoms with E-state index < -0.39 is 17.7 Å². The van der Waals surface area contributed by atoms with Crippen LogP contribution < -0.4 is 0 Å². The smallest absolute Gasteiger partial charge is 0.333 e. The zero-order valence-electron chi connectivity index (χ0n) is 11.9. The van der Waals surface area contributed by atoms with Gasteiger partial charge in [0.25, 0.3) is 5.79 Å². The Balaban J connectivity index is 5.03. The van der Waals surface area contributed by atoms with E-state index in [2.05, 4.69) is 13.2 Å². The molecule has 0 aliphatic carbocycles. The molecule has 0 aromatic rings. The van der Waals surface area contributed by atoms with Gasteiger partial charge in [0, 0.05) is 25.0 Å². The Morgan fingerprint density at radius 3 is 1.58 bits per heavy atom. The maximum absolute atomic E-state index is 11.5. The zero-order chi connectivity index (χ0) is 14.7. The van der Waals surface area contributed by atoms with E-state index in [9.17, 15) is 9.59 Å². The van der Waals surface area contributed by atoms with Crippen molar-refractivity contribution in [1.82, 2.24) is 0 Å². The Hall–Kier alpha value is -1.58. The fraction of sp³-hybridized carbons (Fsp3) is 0.600. The van der Waals surface area contributed by atoms with Crippen molar-refractivity contribution >= 4 is 11.9 Å². The number of carbonyl (C=O) groups excluding carboxylic acids is 2. The fourth-order valence-electron chi connectivity index (χ4n) is 1.69. The molecule has 0 aliphatic heterocycles. The predicted octanol–water partition coefficient (Wildman–Crippen LogP) is 3.52. The topological polar surface area (TPSA) is 52.6 Å². The van der Waals surface area contributed by atoms with Gasteiger partial charge in [0.05, 0.1) is 0 Å². The normalized spacial score (nSPS) is 10.6. The monoisotopic (exact) mass is 268 g/mol. The summed E-state index contributed by atoms with van der Waals surface area (Å²) >= 11 is 0. The summed E-state index contributed by atoms with van der Waals surface area (Å²) in [6, 6.07) is 0. The van der Waals surface area contributed by atoms with E-state index >= 15 is 0 Å². The molecule has 4 heteroatoms. The minimum Gasteiger partial charge on any atom is -0.419 e. The van der Waals surface area contributed by atoms with Crippen molar-refractivity contribution in [2.24, 2.45) is 0 Å². The summed E-state index contributed by atoms with van der Waals surface area (Å²) in [6.07, 6.45) is 6.58. The lowest BCUT2D eigenvalue weighted by Crippen LogP contribution is -2.39. The number of ether oxygens (including phenoxy) is 2. The van der Waals surface area contributed by atoms with Crippen LogP contribution in [0.25, 0.3) is 0 Å². The van der Waals surface area contributed by atoms with Crippen molar-refractivity contribution in [3.63, 3.8) is 0 Å². The number of hydrogen-bond acceptors (Lipinski definition) is 4. The molecule has 4 nitrogen and oxygen atoms in total. The van der Waals surface area contributed by atoms with Crippen LogP contribution in [-0.4, -0.2) is 17.7 Å². The molecule has 0 radical (unpaired) electrons. The fourth-order valence-corrected chi connectivity index (χ4v) is 1.69. The highest BCUT2D eigenvalue weighted by molar-refractivity contribution is 5.83. The number of rotatable bonds is 10. The summed E-state index contributed by atoms with van der Waals surface area (Å²) in [5.41, 5.74) is 0. The second kappa shape index (κ2) is 9.36. The van der Waals surface area contributed by atoms with E-state index in [4.69, 9.17) is 9.47 Å². The number of esters is 2. The van der Waals surface area contributed by atoms with Crippen molar-refractivity contribution < 1.29 is 19.1 Å². The molecule has 0 rings (SSSR count). The number of carbonyl (C=O) groups is 2. The summed E-state index contributed by atoms with van der Waals surface area (Å²) in [5.74, 6) is -2.35. The molecule has 0 N–H and O–H groups in total. The molecule has 0 atom stereocenters. The SMILES string of the molecule is C=CC(=O)OC(CCCC)(CCCC)OC(=O)C=C. The van der Waals surface area contributed by atoms with Gasteiger partial charge in [-0.25, -0.2) is 9.59 Å². The first-order valence-corrected chi connectivity index (χ1v) is 6.74. The van der Waals surface area contributed by atoms with Crippen LogP contribution in [0.5, 0.6) is 0 Å². The minimum absolute atomic E-state index is 0.489. The summed E-state index contributed by atoms with van der Waals surface area (Å²) in [4.78, 5) is 22.9. The zero-order valence-corrected chi connectivity index (χ0v) is 11.9. The van der Waals surface area contributed by atoms with Gasteiger partial charge < -0.3 is 9.47 Å². The van der Waals surface area contributed by atoms with Crippen LogP contribution in [0.15, 0.2) is 25.3 Å². The van der Waals surface area contributed by atoms with Crippen molar-refractivity contribution in [2.75, 3.05) is 0 Å². The summed E-state index contributed by atoms with van der Waals surface area (Å²) in [6.45, 7) is 10.8. The van der Waals surface area contributed by atoms with Gasteiger partial charge in [-0.1, -0.05) is 39.8 Å². The molecule has 0 saturated heterocycles. The molecule has 19 heavy (non-hydrogen) atoms. The molecule has 0 aromatic carbocycles. The molecule has 0 amide bonds. The average molecular weight is 268 g/mol. The Labute approximate surface area is 115 Å². The van der Waals surface area contributed by atoms with E-state index in [1.807, 2.05) is 13.8 Å². The maximum atomic E-state index is 11.5. The van der Waals surface area contributed by atoms with Crippen LogP contribution in [0.2, 0.25) is 0 Å². The Morgan fingerprint density at radius 1 is 0.947 bits per heavy atom. The van der Waals surface area contributed by atoms with E-state index in [0.29, 0.717) is 12.8 Å². The second-order valence-corrected chi connectivity index (χ2v) is 4.37. The van der Waals surface area contributed by atoms with Crippen LogP contribution in [0, 0.1) is 0 Å². The van der Waals surface area contributed by atoms with Crippen LogP contribution in [0.1, 0.15) is 52.4 Å². The van der Waals surface area contributed by atoms with Gasteiger partial charge in [0.1, 0.15) is 0 Å². The quantitative estimate of drug-likeness (QED) is 0.345. The lowest BCUT2D eigenvalue weighted by atomic mass is 10.0. The Kier molecular flexibility index (Phi) is 8.58. The molecular weight excluding hydrogens is 244 g/mol. The number of hydrogen-bond donors (Lipinski definition) is 0. The lowest BCUT2D eigenvalue weighted by Gasteiger charge is -2.32. The molecule has 0 spiro atoms. The predicted molar refractivity (Wildman–Crippen MR) is 74.4 cm³/mol. The van der Waals surface area contributed by atoms with Gasteiger partial charge in [0.15, 0.2) is 0 Å². The first kappa shape index (κ1) is 17.4. The highest BCUT2D eigenvalue weighted by atomic mass is 16.7. The molecule has 0 saturated carbocycles. The molecule has 108 valence electrons. The van der Waals surface area contributed by atoms with Gasteiger partial charge in [-0.15, -0.1) is 0 Å². The Morgan fingerprint density at radius 2 is 1.32 bits per heavy atom. The van der Waals surface area contributed by atoms with E-state index in [1.54, 1.807) is 0 Å². The first-order chi connectivity index (χ1) is 9.03. The van der Waals surface area contributed by atoms with Crippen LogP contribution in [0.3, 0.4) is 0 Å². The third-order valence-corrected chi connectivity index (χ3v) is 2.73. The van der Waals surface area contributed by atoms with Crippen LogP contribution in [0.4, 0.5) is 0 Å². The van der Waals surface area contributed by atoms with Crippen molar-refractivity contribution in [1.29, 1.82) is 0 Å². The van der Waals surface area contributed by atoms with E-state index in [1.165, 1.54) is 0 Å². The maximum Gasteiger partial charge on any atom is 0.333 e. The summed E-state index contributed by atoms with van der Waals surface area (Å²) in [7, 11) is 0. The number of unbranched alkanes of at least 4 members (excludes halogenated alkanes) is 2. The molecular formula is C15H24O4. The first-order valence-electron chi connectivity index (χ1n) is 6.74. The van der Waals surface area contributed by atoms with Crippen LogP contribution >= 0.6 is 0 Å².